The summed E-state index contributed by atoms with van der Waals surface area (Å²) in [4.78, 5) is 7.16. The zero-order valence-corrected chi connectivity index (χ0v) is 17.3. The molecule has 29 heavy (non-hydrogen) atoms. The van der Waals surface area contributed by atoms with Gasteiger partial charge in [-0.2, -0.15) is 0 Å². The van der Waals surface area contributed by atoms with E-state index in [1.54, 1.807) is 0 Å². The third kappa shape index (κ3) is 3.37. The summed E-state index contributed by atoms with van der Waals surface area (Å²) in [6.07, 6.45) is 0. The molecule has 2 aromatic carbocycles. The van der Waals surface area contributed by atoms with Crippen LogP contribution in [0.3, 0.4) is 0 Å². The van der Waals surface area contributed by atoms with Gasteiger partial charge in [0.25, 0.3) is 0 Å². The van der Waals surface area contributed by atoms with E-state index >= 15 is 0 Å². The van der Waals surface area contributed by atoms with E-state index < -0.39 is 0 Å². The highest BCUT2D eigenvalue weighted by Gasteiger charge is 2.18. The molecule has 148 valence electrons. The Morgan fingerprint density at radius 2 is 1.86 bits per heavy atom. The van der Waals surface area contributed by atoms with Crippen molar-refractivity contribution in [2.24, 2.45) is 0 Å². The van der Waals surface area contributed by atoms with Gasteiger partial charge in [0.2, 0.25) is 0 Å². The molecule has 0 N–H and O–H groups in total. The third-order valence-electron chi connectivity index (χ3n) is 5.43. The first kappa shape index (κ1) is 18.5. The van der Waals surface area contributed by atoms with E-state index in [4.69, 9.17) is 21.3 Å². The minimum atomic E-state index is 0.664. The molecule has 0 radical (unpaired) electrons. The fourth-order valence-electron chi connectivity index (χ4n) is 3.92. The van der Waals surface area contributed by atoms with Gasteiger partial charge in [0.15, 0.2) is 11.5 Å². The van der Waals surface area contributed by atoms with E-state index in [2.05, 4.69) is 50.7 Å². The van der Waals surface area contributed by atoms with Gasteiger partial charge in [0.05, 0.1) is 35.0 Å². The molecule has 3 heterocycles. The Morgan fingerprint density at radius 3 is 2.69 bits per heavy atom. The van der Waals surface area contributed by atoms with Crippen LogP contribution in [0.15, 0.2) is 36.4 Å². The molecule has 0 bridgehead atoms. The van der Waals surface area contributed by atoms with Crippen LogP contribution in [-0.4, -0.2) is 50.8 Å². The average molecular weight is 408 g/mol. The highest BCUT2D eigenvalue weighted by Crippen LogP contribution is 2.30. The molecule has 1 aliphatic heterocycles. The van der Waals surface area contributed by atoms with Gasteiger partial charge in [0.1, 0.15) is 0 Å². The third-order valence-corrected chi connectivity index (χ3v) is 5.76. The van der Waals surface area contributed by atoms with Crippen molar-refractivity contribution in [2.45, 2.75) is 20.4 Å². The number of benzene rings is 2. The standard InChI is InChI=1S/C22H22ClN5O/c1-14-3-5-18(23)17(11-14)22-26-25-21-15(2)24-19-6-4-16(12-20(19)28(21)22)13-27-7-9-29-10-8-27/h3-6,11-12H,7-10,13H2,1-2H3. The fourth-order valence-corrected chi connectivity index (χ4v) is 4.12. The number of fused-ring (bicyclic) bond motifs is 3. The SMILES string of the molecule is Cc1ccc(Cl)c(-c2nnc3c(C)nc4ccc(CN5CCOCC5)cc4n23)c1. The lowest BCUT2D eigenvalue weighted by Gasteiger charge is -2.26. The topological polar surface area (TPSA) is 55.5 Å². The van der Waals surface area contributed by atoms with Crippen LogP contribution in [0.1, 0.15) is 16.8 Å². The van der Waals surface area contributed by atoms with Crippen LogP contribution in [0.4, 0.5) is 0 Å². The number of halogens is 1. The lowest BCUT2D eigenvalue weighted by Crippen LogP contribution is -2.35. The first-order chi connectivity index (χ1) is 14.1. The Kier molecular flexibility index (Phi) is 4.70. The quantitative estimate of drug-likeness (QED) is 0.513. The largest absolute Gasteiger partial charge is 0.379 e. The predicted molar refractivity (Wildman–Crippen MR) is 114 cm³/mol. The number of hydrogen-bond acceptors (Lipinski definition) is 5. The second-order valence-corrected chi connectivity index (χ2v) is 7.98. The summed E-state index contributed by atoms with van der Waals surface area (Å²) in [5.41, 5.74) is 6.77. The van der Waals surface area contributed by atoms with Crippen molar-refractivity contribution in [1.29, 1.82) is 0 Å². The van der Waals surface area contributed by atoms with Gasteiger partial charge in [-0.05, 0) is 43.7 Å². The summed E-state index contributed by atoms with van der Waals surface area (Å²) in [7, 11) is 0. The Morgan fingerprint density at radius 1 is 1.03 bits per heavy atom. The molecule has 0 atom stereocenters. The van der Waals surface area contributed by atoms with E-state index in [0.717, 1.165) is 72.2 Å². The lowest BCUT2D eigenvalue weighted by molar-refractivity contribution is 0.0342. The van der Waals surface area contributed by atoms with Crippen LogP contribution in [0.2, 0.25) is 5.02 Å². The van der Waals surface area contributed by atoms with Crippen LogP contribution in [0.5, 0.6) is 0 Å². The van der Waals surface area contributed by atoms with E-state index in [1.165, 1.54) is 5.56 Å². The van der Waals surface area contributed by atoms with Crippen molar-refractivity contribution in [2.75, 3.05) is 26.3 Å². The van der Waals surface area contributed by atoms with Crippen LogP contribution >= 0.6 is 11.6 Å². The molecule has 0 amide bonds. The average Bonchev–Trinajstić information content (AvgIpc) is 3.17. The minimum Gasteiger partial charge on any atom is -0.379 e. The van der Waals surface area contributed by atoms with E-state index in [1.807, 2.05) is 19.1 Å². The van der Waals surface area contributed by atoms with Crippen molar-refractivity contribution in [1.82, 2.24) is 24.5 Å². The van der Waals surface area contributed by atoms with Crippen molar-refractivity contribution < 1.29 is 4.74 Å². The second kappa shape index (κ2) is 7.37. The number of ether oxygens (including phenoxy) is 1. The predicted octanol–water partition coefficient (Wildman–Crippen LogP) is 4.05. The second-order valence-electron chi connectivity index (χ2n) is 7.57. The highest BCUT2D eigenvalue weighted by atomic mass is 35.5. The van der Waals surface area contributed by atoms with Crippen molar-refractivity contribution in [3.63, 3.8) is 0 Å². The molecule has 0 saturated carbocycles. The smallest absolute Gasteiger partial charge is 0.183 e. The summed E-state index contributed by atoms with van der Waals surface area (Å²) in [5, 5.41) is 9.57. The van der Waals surface area contributed by atoms with Gasteiger partial charge in [-0.3, -0.25) is 9.30 Å². The van der Waals surface area contributed by atoms with Crippen LogP contribution in [0.25, 0.3) is 28.1 Å². The number of morpholine rings is 1. The highest BCUT2D eigenvalue weighted by molar-refractivity contribution is 6.33. The van der Waals surface area contributed by atoms with Crippen molar-refractivity contribution in [3.8, 4) is 11.4 Å². The minimum absolute atomic E-state index is 0.664. The van der Waals surface area contributed by atoms with E-state index in [9.17, 15) is 0 Å². The maximum atomic E-state index is 6.52. The number of rotatable bonds is 3. The Bertz CT molecular complexity index is 1210. The summed E-state index contributed by atoms with van der Waals surface area (Å²) in [5.74, 6) is 0.743. The van der Waals surface area contributed by atoms with Crippen molar-refractivity contribution >= 4 is 28.3 Å². The molecule has 0 aliphatic carbocycles. The number of hydrogen-bond donors (Lipinski definition) is 0. The Labute approximate surface area is 174 Å². The monoisotopic (exact) mass is 407 g/mol. The molecular formula is C22H22ClN5O. The van der Waals surface area contributed by atoms with E-state index in [-0.39, 0.29) is 0 Å². The molecule has 1 aliphatic rings. The van der Waals surface area contributed by atoms with Gasteiger partial charge in [-0.15, -0.1) is 10.2 Å². The van der Waals surface area contributed by atoms with Gasteiger partial charge < -0.3 is 4.74 Å². The molecule has 0 unspecified atom stereocenters. The van der Waals surface area contributed by atoms with Crippen molar-refractivity contribution in [3.05, 3.63) is 58.2 Å². The molecule has 4 aromatic rings. The fraction of sp³-hybridized carbons (Fsp3) is 0.318. The molecule has 1 fully saturated rings. The summed E-state index contributed by atoms with van der Waals surface area (Å²) in [6.45, 7) is 8.39. The molecule has 2 aromatic heterocycles. The van der Waals surface area contributed by atoms with Gasteiger partial charge in [0, 0.05) is 25.2 Å². The van der Waals surface area contributed by atoms with Crippen LogP contribution in [0, 0.1) is 13.8 Å². The van der Waals surface area contributed by atoms with Gasteiger partial charge in [-0.25, -0.2) is 4.98 Å². The first-order valence-electron chi connectivity index (χ1n) is 9.81. The summed E-state index contributed by atoms with van der Waals surface area (Å²) >= 11 is 6.52. The van der Waals surface area contributed by atoms with Gasteiger partial charge >= 0.3 is 0 Å². The zero-order chi connectivity index (χ0) is 20.0. The summed E-state index contributed by atoms with van der Waals surface area (Å²) in [6, 6.07) is 12.4. The molecule has 6 nitrogen and oxygen atoms in total. The zero-order valence-electron chi connectivity index (χ0n) is 16.5. The first-order valence-corrected chi connectivity index (χ1v) is 10.2. The molecule has 7 heteroatoms. The maximum Gasteiger partial charge on any atom is 0.183 e. The number of nitrogens with zero attached hydrogens (tertiary/aromatic N) is 5. The maximum absolute atomic E-state index is 6.52. The Hall–Kier alpha value is -2.54. The molecular weight excluding hydrogens is 386 g/mol. The molecule has 5 rings (SSSR count). The van der Waals surface area contributed by atoms with E-state index in [0.29, 0.717) is 5.02 Å². The number of aryl methyl sites for hydroxylation is 2. The molecule has 0 spiro atoms. The normalized spacial score (nSPS) is 15.4. The van der Waals surface area contributed by atoms with Crippen LogP contribution in [-0.2, 0) is 11.3 Å². The van der Waals surface area contributed by atoms with Crippen LogP contribution < -0.4 is 0 Å². The van der Waals surface area contributed by atoms with Gasteiger partial charge in [-0.1, -0.05) is 29.3 Å². The molecule has 1 saturated heterocycles. The summed E-state index contributed by atoms with van der Waals surface area (Å²) < 4.78 is 7.55. The lowest BCUT2D eigenvalue weighted by atomic mass is 10.1. The number of aromatic nitrogens is 4. The Balaban J connectivity index is 1.70.